The first-order chi connectivity index (χ1) is 8.66. The zero-order valence-corrected chi connectivity index (χ0v) is 12.0. The van der Waals surface area contributed by atoms with E-state index < -0.39 is 0 Å². The molecule has 1 aliphatic rings. The van der Waals surface area contributed by atoms with Gasteiger partial charge < -0.3 is 5.32 Å². The van der Waals surface area contributed by atoms with E-state index in [2.05, 4.69) is 37.4 Å². The van der Waals surface area contributed by atoms with Crippen LogP contribution in [0.3, 0.4) is 0 Å². The predicted molar refractivity (Wildman–Crippen MR) is 75.6 cm³/mol. The number of hydrogen-bond acceptors (Lipinski definition) is 2. The minimum Gasteiger partial charge on any atom is -0.312 e. The Morgan fingerprint density at radius 2 is 2.17 bits per heavy atom. The minimum absolute atomic E-state index is 0.718. The quantitative estimate of drug-likeness (QED) is 0.869. The molecule has 0 saturated heterocycles. The highest BCUT2D eigenvalue weighted by Gasteiger charge is 2.26. The normalized spacial score (nSPS) is 24.7. The Morgan fingerprint density at radius 3 is 2.83 bits per heavy atom. The van der Waals surface area contributed by atoms with Crippen molar-refractivity contribution in [3.63, 3.8) is 0 Å². The van der Waals surface area contributed by atoms with Gasteiger partial charge in [-0.1, -0.05) is 26.7 Å². The van der Waals surface area contributed by atoms with Crippen LogP contribution in [0.4, 0.5) is 0 Å². The SMILES string of the molecule is Cc1cnn(CCNC2CCCCC2C(C)C)c1. The number of hydrogen-bond donors (Lipinski definition) is 1. The fraction of sp³-hybridized carbons (Fsp3) is 0.800. The Hall–Kier alpha value is -0.830. The summed E-state index contributed by atoms with van der Waals surface area (Å²) in [7, 11) is 0. The van der Waals surface area contributed by atoms with Gasteiger partial charge in [0.25, 0.3) is 0 Å². The van der Waals surface area contributed by atoms with Gasteiger partial charge in [0.15, 0.2) is 0 Å². The summed E-state index contributed by atoms with van der Waals surface area (Å²) in [4.78, 5) is 0. The maximum absolute atomic E-state index is 4.33. The van der Waals surface area contributed by atoms with E-state index >= 15 is 0 Å². The molecule has 1 saturated carbocycles. The first-order valence-electron chi connectivity index (χ1n) is 7.39. The highest BCUT2D eigenvalue weighted by molar-refractivity contribution is 4.99. The molecule has 2 atom stereocenters. The second-order valence-corrected chi connectivity index (χ2v) is 6.03. The molecule has 1 fully saturated rings. The highest BCUT2D eigenvalue weighted by Crippen LogP contribution is 2.29. The maximum atomic E-state index is 4.33. The number of nitrogens with zero attached hydrogens (tertiary/aromatic N) is 2. The lowest BCUT2D eigenvalue weighted by atomic mass is 9.78. The largest absolute Gasteiger partial charge is 0.312 e. The molecule has 0 bridgehead atoms. The molecule has 1 aromatic rings. The summed E-state index contributed by atoms with van der Waals surface area (Å²) < 4.78 is 2.04. The van der Waals surface area contributed by atoms with E-state index in [1.54, 1.807) is 0 Å². The van der Waals surface area contributed by atoms with E-state index in [0.29, 0.717) is 0 Å². The molecule has 0 aliphatic heterocycles. The molecule has 1 N–H and O–H groups in total. The molecule has 3 nitrogen and oxygen atoms in total. The Morgan fingerprint density at radius 1 is 1.39 bits per heavy atom. The third-order valence-corrected chi connectivity index (χ3v) is 4.19. The van der Waals surface area contributed by atoms with Crippen LogP contribution in [0.2, 0.25) is 0 Å². The van der Waals surface area contributed by atoms with Crippen LogP contribution in [0.5, 0.6) is 0 Å². The van der Waals surface area contributed by atoms with E-state index in [4.69, 9.17) is 0 Å². The number of aromatic nitrogens is 2. The molecular formula is C15H27N3. The van der Waals surface area contributed by atoms with Gasteiger partial charge in [-0.25, -0.2) is 0 Å². The second-order valence-electron chi connectivity index (χ2n) is 6.03. The Labute approximate surface area is 111 Å². The molecule has 2 unspecified atom stereocenters. The average molecular weight is 249 g/mol. The van der Waals surface area contributed by atoms with Crippen molar-refractivity contribution in [1.82, 2.24) is 15.1 Å². The smallest absolute Gasteiger partial charge is 0.0534 e. The van der Waals surface area contributed by atoms with Gasteiger partial charge in [-0.15, -0.1) is 0 Å². The Balaban J connectivity index is 1.77. The monoisotopic (exact) mass is 249 g/mol. The molecule has 2 rings (SSSR count). The van der Waals surface area contributed by atoms with Crippen molar-refractivity contribution in [3.8, 4) is 0 Å². The van der Waals surface area contributed by atoms with E-state index in [9.17, 15) is 0 Å². The first kappa shape index (κ1) is 13.6. The van der Waals surface area contributed by atoms with Crippen LogP contribution in [0.25, 0.3) is 0 Å². The molecule has 102 valence electrons. The van der Waals surface area contributed by atoms with Crippen LogP contribution in [0.15, 0.2) is 12.4 Å². The van der Waals surface area contributed by atoms with E-state index in [0.717, 1.165) is 31.0 Å². The van der Waals surface area contributed by atoms with Crippen molar-refractivity contribution in [2.24, 2.45) is 11.8 Å². The zero-order chi connectivity index (χ0) is 13.0. The van der Waals surface area contributed by atoms with Gasteiger partial charge in [-0.05, 0) is 37.2 Å². The first-order valence-corrected chi connectivity index (χ1v) is 7.39. The lowest BCUT2D eigenvalue weighted by Crippen LogP contribution is -2.42. The topological polar surface area (TPSA) is 29.9 Å². The summed E-state index contributed by atoms with van der Waals surface area (Å²) in [5.74, 6) is 1.66. The van der Waals surface area contributed by atoms with Crippen molar-refractivity contribution in [2.45, 2.75) is 59.0 Å². The van der Waals surface area contributed by atoms with E-state index in [1.807, 2.05) is 10.9 Å². The summed E-state index contributed by atoms with van der Waals surface area (Å²) in [6, 6.07) is 0.718. The molecule has 0 amide bonds. The fourth-order valence-corrected chi connectivity index (χ4v) is 3.16. The molecule has 0 aromatic carbocycles. The summed E-state index contributed by atoms with van der Waals surface area (Å²) in [6.45, 7) is 8.83. The lowest BCUT2D eigenvalue weighted by molar-refractivity contribution is 0.204. The summed E-state index contributed by atoms with van der Waals surface area (Å²) in [5.41, 5.74) is 1.24. The van der Waals surface area contributed by atoms with Crippen LogP contribution in [0, 0.1) is 18.8 Å². The summed E-state index contributed by atoms with van der Waals surface area (Å²) >= 11 is 0. The molecule has 18 heavy (non-hydrogen) atoms. The molecule has 1 heterocycles. The van der Waals surface area contributed by atoms with Crippen molar-refractivity contribution < 1.29 is 0 Å². The van der Waals surface area contributed by atoms with Crippen molar-refractivity contribution in [3.05, 3.63) is 18.0 Å². The Kier molecular flexibility index (Phi) is 4.81. The average Bonchev–Trinajstić information content (AvgIpc) is 2.75. The fourth-order valence-electron chi connectivity index (χ4n) is 3.16. The number of aryl methyl sites for hydroxylation is 1. The van der Waals surface area contributed by atoms with Crippen LogP contribution in [-0.2, 0) is 6.54 Å². The molecule has 1 aromatic heterocycles. The Bertz CT molecular complexity index is 356. The van der Waals surface area contributed by atoms with Crippen molar-refractivity contribution >= 4 is 0 Å². The van der Waals surface area contributed by atoms with E-state index in [1.165, 1.54) is 31.2 Å². The van der Waals surface area contributed by atoms with Crippen molar-refractivity contribution in [2.75, 3.05) is 6.54 Å². The van der Waals surface area contributed by atoms with Gasteiger partial charge in [0.1, 0.15) is 0 Å². The number of nitrogens with one attached hydrogen (secondary N) is 1. The molecule has 0 radical (unpaired) electrons. The molecule has 3 heteroatoms. The van der Waals surface area contributed by atoms with Gasteiger partial charge >= 0.3 is 0 Å². The van der Waals surface area contributed by atoms with Crippen LogP contribution in [0.1, 0.15) is 45.1 Å². The van der Waals surface area contributed by atoms with Crippen molar-refractivity contribution in [1.29, 1.82) is 0 Å². The minimum atomic E-state index is 0.718. The maximum Gasteiger partial charge on any atom is 0.0534 e. The van der Waals surface area contributed by atoms with Crippen LogP contribution < -0.4 is 5.32 Å². The standard InChI is InChI=1S/C15H27N3/c1-12(2)14-6-4-5-7-15(14)16-8-9-18-11-13(3)10-17-18/h10-12,14-16H,4-9H2,1-3H3. The van der Waals surface area contributed by atoms with Gasteiger partial charge in [-0.3, -0.25) is 4.68 Å². The zero-order valence-electron chi connectivity index (χ0n) is 12.0. The van der Waals surface area contributed by atoms with Gasteiger partial charge in [0.2, 0.25) is 0 Å². The second kappa shape index (κ2) is 6.37. The van der Waals surface area contributed by atoms with Gasteiger partial charge in [0.05, 0.1) is 12.7 Å². The van der Waals surface area contributed by atoms with Crippen LogP contribution in [-0.4, -0.2) is 22.4 Å². The highest BCUT2D eigenvalue weighted by atomic mass is 15.3. The third-order valence-electron chi connectivity index (χ3n) is 4.19. The predicted octanol–water partition coefficient (Wildman–Crippen LogP) is 3.00. The van der Waals surface area contributed by atoms with Gasteiger partial charge in [-0.2, -0.15) is 5.10 Å². The molecule has 1 aliphatic carbocycles. The molecule has 0 spiro atoms. The number of rotatable bonds is 5. The lowest BCUT2D eigenvalue weighted by Gasteiger charge is -2.35. The van der Waals surface area contributed by atoms with Gasteiger partial charge in [0, 0.05) is 18.8 Å². The molecular weight excluding hydrogens is 222 g/mol. The van der Waals surface area contributed by atoms with E-state index in [-0.39, 0.29) is 0 Å². The summed E-state index contributed by atoms with van der Waals surface area (Å²) in [6.07, 6.45) is 9.60. The van der Waals surface area contributed by atoms with Crippen LogP contribution >= 0.6 is 0 Å². The third kappa shape index (κ3) is 3.58. The summed E-state index contributed by atoms with van der Waals surface area (Å²) in [5, 5.41) is 8.08.